The summed E-state index contributed by atoms with van der Waals surface area (Å²) in [6.45, 7) is 2.17. The summed E-state index contributed by atoms with van der Waals surface area (Å²) in [6.07, 6.45) is 1.86. The molecule has 0 atom stereocenters. The quantitative estimate of drug-likeness (QED) is 0.370. The molecule has 0 aliphatic carbocycles. The minimum atomic E-state index is 0. The number of nitrogens with two attached hydrogens (primary N) is 1. The number of nitrogens with zero attached hydrogens (tertiary/aromatic N) is 1. The van der Waals surface area contributed by atoms with Crippen molar-refractivity contribution in [1.29, 1.82) is 0 Å². The first kappa shape index (κ1) is 16.3. The van der Waals surface area contributed by atoms with Crippen LogP contribution in [-0.2, 0) is 0 Å². The Hall–Kier alpha value is 1.59. The van der Waals surface area contributed by atoms with Gasteiger partial charge in [-0.1, -0.05) is 0 Å². The minimum absolute atomic E-state index is 0. The van der Waals surface area contributed by atoms with Crippen molar-refractivity contribution in [3.63, 3.8) is 0 Å². The SMILES string of the molecule is C1=NCC[NH2+]1.[Na].[Na].[OH-]. The Morgan fingerprint density at radius 3 is 2.12 bits per heavy atom. The van der Waals surface area contributed by atoms with Crippen LogP contribution in [0.1, 0.15) is 0 Å². The van der Waals surface area contributed by atoms with Gasteiger partial charge in [0.2, 0.25) is 0 Å². The summed E-state index contributed by atoms with van der Waals surface area (Å²) in [5.41, 5.74) is 0. The molecule has 0 amide bonds. The Balaban J connectivity index is -0.0000000833. The Kier molecular flexibility index (Phi) is 23.2. The van der Waals surface area contributed by atoms with Crippen LogP contribution in [0.15, 0.2) is 4.99 Å². The maximum atomic E-state index is 3.90. The molecular formula is C3H8N2Na2O. The van der Waals surface area contributed by atoms with Crippen molar-refractivity contribution >= 4 is 65.5 Å². The minimum Gasteiger partial charge on any atom is -0.870 e. The smallest absolute Gasteiger partial charge is 0.182 e. The van der Waals surface area contributed by atoms with Crippen molar-refractivity contribution in [2.45, 2.75) is 0 Å². The van der Waals surface area contributed by atoms with E-state index in [-0.39, 0.29) is 64.6 Å². The monoisotopic (exact) mass is 134 g/mol. The van der Waals surface area contributed by atoms with E-state index < -0.39 is 0 Å². The number of rotatable bonds is 0. The van der Waals surface area contributed by atoms with Gasteiger partial charge in [-0.2, -0.15) is 0 Å². The summed E-state index contributed by atoms with van der Waals surface area (Å²) in [6, 6.07) is 0. The standard InChI is InChI=1S/C3H6N2.2Na.H2O/c1-2-5-3-4-1;;;/h3H,1-2H2,(H,4,5);;;1H2. The van der Waals surface area contributed by atoms with Gasteiger partial charge in [0.1, 0.15) is 6.54 Å². The van der Waals surface area contributed by atoms with E-state index in [0.29, 0.717) is 0 Å². The topological polar surface area (TPSA) is 59.0 Å². The van der Waals surface area contributed by atoms with Gasteiger partial charge in [-0.05, 0) is 0 Å². The van der Waals surface area contributed by atoms with Gasteiger partial charge in [0, 0.05) is 59.1 Å². The zero-order valence-corrected chi connectivity index (χ0v) is 9.46. The predicted octanol–water partition coefficient (Wildman–Crippen LogP) is -2.35. The van der Waals surface area contributed by atoms with Gasteiger partial charge in [-0.3, -0.25) is 0 Å². The van der Waals surface area contributed by atoms with E-state index in [1.54, 1.807) is 0 Å². The molecule has 0 saturated heterocycles. The van der Waals surface area contributed by atoms with Crippen molar-refractivity contribution in [3.05, 3.63) is 0 Å². The van der Waals surface area contributed by atoms with Crippen molar-refractivity contribution < 1.29 is 10.8 Å². The molecule has 1 aliphatic rings. The molecule has 8 heavy (non-hydrogen) atoms. The van der Waals surface area contributed by atoms with E-state index in [1.165, 1.54) is 0 Å². The second-order valence-corrected chi connectivity index (χ2v) is 1.08. The first-order chi connectivity index (χ1) is 2.50. The number of hydrogen-bond donors (Lipinski definition) is 1. The molecule has 0 spiro atoms. The van der Waals surface area contributed by atoms with Crippen LogP contribution in [0, 0.1) is 0 Å². The third-order valence-corrected chi connectivity index (χ3v) is 0.636. The third kappa shape index (κ3) is 7.59. The van der Waals surface area contributed by atoms with Gasteiger partial charge in [0.05, 0.1) is 6.54 Å². The van der Waals surface area contributed by atoms with Crippen LogP contribution in [0.25, 0.3) is 0 Å². The average molecular weight is 134 g/mol. The Morgan fingerprint density at radius 1 is 1.38 bits per heavy atom. The molecule has 0 aromatic heterocycles. The molecule has 38 valence electrons. The molecule has 1 rings (SSSR count). The largest absolute Gasteiger partial charge is 0.870 e. The van der Waals surface area contributed by atoms with Crippen molar-refractivity contribution in [2.24, 2.45) is 4.99 Å². The molecule has 1 aliphatic heterocycles. The van der Waals surface area contributed by atoms with Crippen molar-refractivity contribution in [1.82, 2.24) is 0 Å². The van der Waals surface area contributed by atoms with Crippen LogP contribution >= 0.6 is 0 Å². The van der Waals surface area contributed by atoms with Crippen molar-refractivity contribution in [2.75, 3.05) is 13.1 Å². The summed E-state index contributed by atoms with van der Waals surface area (Å²) in [5, 5.41) is 2.07. The molecular weight excluding hydrogens is 126 g/mol. The van der Waals surface area contributed by atoms with Gasteiger partial charge in [0.15, 0.2) is 6.34 Å². The van der Waals surface area contributed by atoms with Gasteiger partial charge in [-0.15, -0.1) is 0 Å². The van der Waals surface area contributed by atoms with E-state index in [9.17, 15) is 0 Å². The maximum absolute atomic E-state index is 3.90. The van der Waals surface area contributed by atoms with E-state index in [4.69, 9.17) is 0 Å². The van der Waals surface area contributed by atoms with Crippen LogP contribution in [0.3, 0.4) is 0 Å². The normalized spacial score (nSPS) is 13.0. The fourth-order valence-electron chi connectivity index (χ4n) is 0.373. The summed E-state index contributed by atoms with van der Waals surface area (Å²) >= 11 is 0. The number of quaternary nitrogens is 1. The maximum Gasteiger partial charge on any atom is 0.182 e. The van der Waals surface area contributed by atoms with E-state index in [0.717, 1.165) is 13.1 Å². The van der Waals surface area contributed by atoms with Crippen LogP contribution in [-0.4, -0.2) is 84.0 Å². The third-order valence-electron chi connectivity index (χ3n) is 0.636. The summed E-state index contributed by atoms with van der Waals surface area (Å²) in [5.74, 6) is 0. The Bertz CT molecular complexity index is 53.2. The second-order valence-electron chi connectivity index (χ2n) is 1.08. The number of aliphatic imine (C=N–C) groups is 1. The fraction of sp³-hybridized carbons (Fsp3) is 0.667. The van der Waals surface area contributed by atoms with Gasteiger partial charge >= 0.3 is 0 Å². The van der Waals surface area contributed by atoms with E-state index >= 15 is 0 Å². The van der Waals surface area contributed by atoms with Crippen LogP contribution in [0.5, 0.6) is 0 Å². The first-order valence-electron chi connectivity index (χ1n) is 1.82. The number of hydrogen-bond acceptors (Lipinski definition) is 2. The van der Waals surface area contributed by atoms with Crippen LogP contribution < -0.4 is 5.32 Å². The molecule has 3 nitrogen and oxygen atoms in total. The zero-order chi connectivity index (χ0) is 3.54. The van der Waals surface area contributed by atoms with E-state index in [1.807, 2.05) is 6.34 Å². The molecule has 5 heteroatoms. The average Bonchev–Trinajstić information content (AvgIpc) is 1.76. The molecule has 3 N–H and O–H groups in total. The van der Waals surface area contributed by atoms with Gasteiger partial charge < -0.3 is 10.8 Å². The second kappa shape index (κ2) is 11.4. The summed E-state index contributed by atoms with van der Waals surface area (Å²) in [4.78, 5) is 3.90. The Labute approximate surface area is 93.2 Å². The zero-order valence-electron chi connectivity index (χ0n) is 5.46. The molecule has 0 aromatic carbocycles. The van der Waals surface area contributed by atoms with Crippen LogP contribution in [0.4, 0.5) is 0 Å². The molecule has 0 saturated carbocycles. The molecule has 2 radical (unpaired) electrons. The Morgan fingerprint density at radius 2 is 2.00 bits per heavy atom. The molecule has 1 heterocycles. The van der Waals surface area contributed by atoms with Gasteiger partial charge in [0.25, 0.3) is 0 Å². The fourth-order valence-corrected chi connectivity index (χ4v) is 0.373. The van der Waals surface area contributed by atoms with Crippen LogP contribution in [0.2, 0.25) is 0 Å². The molecule has 0 fully saturated rings. The predicted molar refractivity (Wildman–Crippen MR) is 33.6 cm³/mol. The molecule has 0 unspecified atom stereocenters. The van der Waals surface area contributed by atoms with Gasteiger partial charge in [-0.25, -0.2) is 4.99 Å². The van der Waals surface area contributed by atoms with E-state index in [2.05, 4.69) is 10.3 Å². The molecule has 0 aromatic rings. The summed E-state index contributed by atoms with van der Waals surface area (Å²) < 4.78 is 0. The summed E-state index contributed by atoms with van der Waals surface area (Å²) in [7, 11) is 0. The first-order valence-corrected chi connectivity index (χ1v) is 1.82. The van der Waals surface area contributed by atoms with Crippen molar-refractivity contribution in [3.8, 4) is 0 Å². The molecule has 0 bridgehead atoms.